The van der Waals surface area contributed by atoms with E-state index in [1.807, 2.05) is 12.3 Å². The largest absolute Gasteiger partial charge is 0.416 e. The van der Waals surface area contributed by atoms with Crippen LogP contribution in [-0.4, -0.2) is 49.5 Å². The fourth-order valence-corrected chi connectivity index (χ4v) is 4.69. The first-order valence-corrected chi connectivity index (χ1v) is 11.6. The highest BCUT2D eigenvalue weighted by atomic mass is 35.5. The minimum Gasteiger partial charge on any atom is -0.416 e. The van der Waals surface area contributed by atoms with Gasteiger partial charge in [0, 0.05) is 36.6 Å². The van der Waals surface area contributed by atoms with Crippen molar-refractivity contribution in [2.45, 2.75) is 25.8 Å². The maximum atomic E-state index is 6.28. The molecule has 4 aromatic rings. The SMILES string of the molecule is CCN1CCC(n2cc(-c3cnc(N)c(-c4nnc(-c5c(Cl)cccc5Cl)o4)c3)cn2)CC1. The van der Waals surface area contributed by atoms with Crippen LogP contribution >= 0.6 is 23.2 Å². The smallest absolute Gasteiger partial charge is 0.251 e. The predicted octanol–water partition coefficient (Wildman–Crippen LogP) is 5.21. The van der Waals surface area contributed by atoms with Gasteiger partial charge >= 0.3 is 0 Å². The molecule has 170 valence electrons. The quantitative estimate of drug-likeness (QED) is 0.415. The number of rotatable bonds is 5. The van der Waals surface area contributed by atoms with Crippen LogP contribution in [0.4, 0.5) is 5.82 Å². The molecule has 0 atom stereocenters. The number of piperidine rings is 1. The second-order valence-corrected chi connectivity index (χ2v) is 8.85. The van der Waals surface area contributed by atoms with E-state index in [1.165, 1.54) is 0 Å². The standard InChI is InChI=1S/C23H23Cl2N7O/c1-2-31-8-6-16(7-9-31)32-13-15(12-28-32)14-10-17(21(26)27-11-14)22-29-30-23(33-22)20-18(24)4-3-5-19(20)25/h3-5,10-13,16H,2,6-9H2,1H3,(H2,26,27). The Morgan fingerprint density at radius 2 is 1.79 bits per heavy atom. The van der Waals surface area contributed by atoms with Crippen molar-refractivity contribution >= 4 is 29.0 Å². The fourth-order valence-electron chi connectivity index (χ4n) is 4.13. The maximum absolute atomic E-state index is 6.28. The molecule has 2 N–H and O–H groups in total. The lowest BCUT2D eigenvalue weighted by Crippen LogP contribution is -2.34. The third kappa shape index (κ3) is 4.34. The molecule has 1 aromatic carbocycles. The fraction of sp³-hybridized carbons (Fsp3) is 0.304. The van der Waals surface area contributed by atoms with Gasteiger partial charge in [-0.2, -0.15) is 5.10 Å². The first-order chi connectivity index (χ1) is 16.0. The van der Waals surface area contributed by atoms with Gasteiger partial charge in [0.1, 0.15) is 5.82 Å². The van der Waals surface area contributed by atoms with Gasteiger partial charge in [0.2, 0.25) is 0 Å². The van der Waals surface area contributed by atoms with Crippen molar-refractivity contribution in [3.8, 4) is 34.0 Å². The summed E-state index contributed by atoms with van der Waals surface area (Å²) in [6, 6.07) is 7.47. The number of hydrogen-bond donors (Lipinski definition) is 1. The molecule has 5 rings (SSSR count). The van der Waals surface area contributed by atoms with Crippen molar-refractivity contribution in [2.75, 3.05) is 25.4 Å². The zero-order valence-electron chi connectivity index (χ0n) is 18.1. The number of halogens is 2. The summed E-state index contributed by atoms with van der Waals surface area (Å²) < 4.78 is 7.93. The number of benzene rings is 1. The second kappa shape index (κ2) is 9.13. The summed E-state index contributed by atoms with van der Waals surface area (Å²) in [4.78, 5) is 6.81. The highest BCUT2D eigenvalue weighted by molar-refractivity contribution is 6.38. The van der Waals surface area contributed by atoms with Gasteiger partial charge in [0.25, 0.3) is 11.8 Å². The lowest BCUT2D eigenvalue weighted by Gasteiger charge is -2.31. The maximum Gasteiger partial charge on any atom is 0.251 e. The summed E-state index contributed by atoms with van der Waals surface area (Å²) in [5.41, 5.74) is 8.99. The van der Waals surface area contributed by atoms with Crippen LogP contribution in [0.15, 0.2) is 47.3 Å². The highest BCUT2D eigenvalue weighted by Gasteiger charge is 2.22. The molecule has 1 saturated heterocycles. The van der Waals surface area contributed by atoms with Gasteiger partial charge < -0.3 is 15.1 Å². The Kier molecular flexibility index (Phi) is 6.05. The molecule has 1 aliphatic heterocycles. The Bertz CT molecular complexity index is 1260. The number of anilines is 1. The van der Waals surface area contributed by atoms with Gasteiger partial charge in [-0.05, 0) is 37.6 Å². The molecule has 0 spiro atoms. The van der Waals surface area contributed by atoms with E-state index in [-0.39, 0.29) is 11.8 Å². The first kappa shape index (κ1) is 21.9. The number of pyridine rings is 1. The van der Waals surface area contributed by atoms with E-state index < -0.39 is 0 Å². The number of likely N-dealkylation sites (tertiary alicyclic amines) is 1. The van der Waals surface area contributed by atoms with Crippen LogP contribution in [0.25, 0.3) is 34.0 Å². The van der Waals surface area contributed by atoms with Crippen LogP contribution in [-0.2, 0) is 0 Å². The minimum atomic E-state index is 0.219. The normalized spacial score (nSPS) is 15.2. The summed E-state index contributed by atoms with van der Waals surface area (Å²) in [5, 5.41) is 13.7. The first-order valence-electron chi connectivity index (χ1n) is 10.8. The summed E-state index contributed by atoms with van der Waals surface area (Å²) in [6.07, 6.45) is 7.82. The molecule has 1 fully saturated rings. The molecular weight excluding hydrogens is 461 g/mol. The summed E-state index contributed by atoms with van der Waals surface area (Å²) in [6.45, 7) is 5.49. The lowest BCUT2D eigenvalue weighted by molar-refractivity contribution is 0.187. The van der Waals surface area contributed by atoms with Crippen molar-refractivity contribution in [1.29, 1.82) is 0 Å². The van der Waals surface area contributed by atoms with E-state index in [0.717, 1.165) is 43.6 Å². The molecule has 8 nitrogen and oxygen atoms in total. The molecule has 0 saturated carbocycles. The third-order valence-corrected chi connectivity index (χ3v) is 6.69. The van der Waals surface area contributed by atoms with Gasteiger partial charge in [-0.1, -0.05) is 36.2 Å². The molecule has 10 heteroatoms. The summed E-state index contributed by atoms with van der Waals surface area (Å²) in [7, 11) is 0. The van der Waals surface area contributed by atoms with E-state index in [1.54, 1.807) is 24.4 Å². The predicted molar refractivity (Wildman–Crippen MR) is 129 cm³/mol. The second-order valence-electron chi connectivity index (χ2n) is 8.04. The number of nitrogen functional groups attached to an aromatic ring is 1. The number of nitrogens with zero attached hydrogens (tertiary/aromatic N) is 6. The molecule has 33 heavy (non-hydrogen) atoms. The van der Waals surface area contributed by atoms with Crippen LogP contribution in [0.2, 0.25) is 10.0 Å². The van der Waals surface area contributed by atoms with Gasteiger partial charge in [-0.15, -0.1) is 10.2 Å². The molecule has 3 aromatic heterocycles. The molecule has 0 aliphatic carbocycles. The monoisotopic (exact) mass is 483 g/mol. The Hall–Kier alpha value is -2.94. The molecule has 1 aliphatic rings. The van der Waals surface area contributed by atoms with E-state index in [0.29, 0.717) is 33.0 Å². The highest BCUT2D eigenvalue weighted by Crippen LogP contribution is 2.36. The van der Waals surface area contributed by atoms with Crippen LogP contribution in [0.5, 0.6) is 0 Å². The average Bonchev–Trinajstić information content (AvgIpc) is 3.50. The van der Waals surface area contributed by atoms with Crippen LogP contribution in [0.3, 0.4) is 0 Å². The molecule has 0 bridgehead atoms. The lowest BCUT2D eigenvalue weighted by atomic mass is 10.1. The average molecular weight is 484 g/mol. The van der Waals surface area contributed by atoms with Crippen LogP contribution in [0, 0.1) is 0 Å². The van der Waals surface area contributed by atoms with Crippen molar-refractivity contribution < 1.29 is 4.42 Å². The van der Waals surface area contributed by atoms with E-state index in [2.05, 4.69) is 43.0 Å². The zero-order chi connectivity index (χ0) is 22.9. The van der Waals surface area contributed by atoms with Gasteiger partial charge in [-0.25, -0.2) is 4.98 Å². The number of aromatic nitrogens is 5. The summed E-state index contributed by atoms with van der Waals surface area (Å²) in [5.74, 6) is 0.752. The Balaban J connectivity index is 1.42. The molecule has 0 amide bonds. The van der Waals surface area contributed by atoms with Crippen LogP contribution < -0.4 is 5.73 Å². The molecular formula is C23H23Cl2N7O. The van der Waals surface area contributed by atoms with Gasteiger partial charge in [-0.3, -0.25) is 4.68 Å². The Morgan fingerprint density at radius 1 is 1.06 bits per heavy atom. The molecule has 0 unspecified atom stereocenters. The van der Waals surface area contributed by atoms with Crippen molar-refractivity contribution in [3.63, 3.8) is 0 Å². The van der Waals surface area contributed by atoms with Crippen molar-refractivity contribution in [3.05, 3.63) is 52.9 Å². The van der Waals surface area contributed by atoms with Crippen molar-refractivity contribution in [1.82, 2.24) is 29.9 Å². The number of nitrogens with two attached hydrogens (primary N) is 1. The molecule has 0 radical (unpaired) electrons. The van der Waals surface area contributed by atoms with E-state index in [4.69, 9.17) is 33.4 Å². The minimum absolute atomic E-state index is 0.219. The Morgan fingerprint density at radius 3 is 2.52 bits per heavy atom. The summed E-state index contributed by atoms with van der Waals surface area (Å²) >= 11 is 12.6. The Labute approximate surface area is 201 Å². The zero-order valence-corrected chi connectivity index (χ0v) is 19.6. The molecule has 4 heterocycles. The van der Waals surface area contributed by atoms with Crippen molar-refractivity contribution in [2.24, 2.45) is 0 Å². The van der Waals surface area contributed by atoms with Crippen LogP contribution in [0.1, 0.15) is 25.8 Å². The van der Waals surface area contributed by atoms with Gasteiger partial charge in [0.15, 0.2) is 0 Å². The van der Waals surface area contributed by atoms with E-state index in [9.17, 15) is 0 Å². The van der Waals surface area contributed by atoms with Gasteiger partial charge in [0.05, 0.1) is 33.4 Å². The number of hydrogen-bond acceptors (Lipinski definition) is 7. The van der Waals surface area contributed by atoms with E-state index >= 15 is 0 Å². The third-order valence-electron chi connectivity index (χ3n) is 6.06. The topological polar surface area (TPSA) is 98.9 Å².